The first-order valence-corrected chi connectivity index (χ1v) is 1.99. The molecule has 0 saturated heterocycles. The summed E-state index contributed by atoms with van der Waals surface area (Å²) in [4.78, 5) is 11.6. The van der Waals surface area contributed by atoms with Crippen molar-refractivity contribution < 1.29 is 4.79 Å². The van der Waals surface area contributed by atoms with E-state index < -0.39 is 0 Å². The third kappa shape index (κ3) is 2.37. The minimum absolute atomic E-state index is 0.482. The van der Waals surface area contributed by atoms with Gasteiger partial charge < -0.3 is 0 Å². The molecular weight excluding hydrogens is 120 g/mol. The monoisotopic (exact) mass is 124 g/mol. The van der Waals surface area contributed by atoms with E-state index in [4.69, 9.17) is 0 Å². The third-order valence-electron chi connectivity index (χ3n) is 0.202. The van der Waals surface area contributed by atoms with Gasteiger partial charge in [0, 0.05) is 0 Å². The number of thiol groups is 2. The van der Waals surface area contributed by atoms with E-state index in [2.05, 4.69) is 30.5 Å². The Morgan fingerprint density at radius 3 is 2.33 bits per heavy atom. The average Bonchev–Trinajstić information content (AvgIpc) is 1.65. The molecule has 0 spiro atoms. The average molecular weight is 124 g/mol. The van der Waals surface area contributed by atoms with Crippen molar-refractivity contribution in [1.82, 2.24) is 9.25 Å². The molecule has 0 aliphatic heterocycles. The number of carbonyl (C=O) groups is 1. The summed E-state index contributed by atoms with van der Waals surface area (Å²) in [5, 5.41) is 0. The number of carbonyl (C=O) groups excluding carboxylic acids is 1. The smallest absolute Gasteiger partial charge is 0.234 e. The molecule has 0 heterocycles. The molecule has 0 aromatic rings. The molecule has 5 heteroatoms. The normalized spacial score (nSPS) is 7.67. The minimum Gasteiger partial charge on any atom is -0.276 e. The summed E-state index contributed by atoms with van der Waals surface area (Å²) in [6, 6.07) is 0. The number of hydrogen-bond acceptors (Lipinski definition) is 4. The van der Waals surface area contributed by atoms with Crippen molar-refractivity contribution in [3.8, 4) is 0 Å². The van der Waals surface area contributed by atoms with Gasteiger partial charge in [-0.05, 0) is 12.8 Å². The first-order valence-electron chi connectivity index (χ1n) is 1.14. The molecule has 36 valence electrons. The molecule has 0 unspecified atom stereocenters. The number of hydrogen-bond donors (Lipinski definition) is 3. The van der Waals surface area contributed by atoms with Crippen molar-refractivity contribution in [1.29, 1.82) is 0 Å². The molecule has 0 bridgehead atoms. The van der Waals surface area contributed by atoms with E-state index in [0.29, 0.717) is 6.41 Å². The fourth-order valence-corrected chi connectivity index (χ4v) is 0.0707. The van der Waals surface area contributed by atoms with Gasteiger partial charge in [-0.3, -0.25) is 4.79 Å². The van der Waals surface area contributed by atoms with E-state index in [-0.39, 0.29) is 0 Å². The van der Waals surface area contributed by atoms with Gasteiger partial charge in [0.2, 0.25) is 6.41 Å². The quantitative estimate of drug-likeness (QED) is 0.267. The summed E-state index contributed by atoms with van der Waals surface area (Å²) in [5.74, 6) is 0. The zero-order valence-electron chi connectivity index (χ0n) is 2.83. The van der Waals surface area contributed by atoms with Crippen LogP contribution in [0.25, 0.3) is 0 Å². The highest BCUT2D eigenvalue weighted by atomic mass is 32.1. The van der Waals surface area contributed by atoms with Gasteiger partial charge in [-0.15, -0.1) is 0 Å². The predicted octanol–water partition coefficient (Wildman–Crippen LogP) is -0.361. The zero-order valence-corrected chi connectivity index (χ0v) is 4.62. The van der Waals surface area contributed by atoms with Crippen LogP contribution in [0.4, 0.5) is 0 Å². The van der Waals surface area contributed by atoms with Crippen LogP contribution in [-0.4, -0.2) is 10.8 Å². The van der Waals surface area contributed by atoms with Gasteiger partial charge in [-0.2, -0.15) is 4.83 Å². The van der Waals surface area contributed by atoms with Crippen LogP contribution < -0.4 is 4.83 Å². The maximum absolute atomic E-state index is 9.47. The van der Waals surface area contributed by atoms with Crippen molar-refractivity contribution in [3.63, 3.8) is 0 Å². The third-order valence-corrected chi connectivity index (χ3v) is 0.770. The molecule has 0 rings (SSSR count). The summed E-state index contributed by atoms with van der Waals surface area (Å²) >= 11 is 6.97. The molecule has 0 aromatic heterocycles. The highest BCUT2D eigenvalue weighted by Crippen LogP contribution is 1.77. The lowest BCUT2D eigenvalue weighted by Gasteiger charge is -2.00. The van der Waals surface area contributed by atoms with Crippen molar-refractivity contribution in [2.75, 3.05) is 0 Å². The first kappa shape index (κ1) is 6.13. The fraction of sp³-hybridized carbons (Fsp3) is 0. The Morgan fingerprint density at radius 2 is 2.33 bits per heavy atom. The number of nitrogens with zero attached hydrogens (tertiary/aromatic N) is 1. The molecule has 0 fully saturated rings. The Hall–Kier alpha value is 0.130. The Kier molecular flexibility index (Phi) is 3.40. The van der Waals surface area contributed by atoms with E-state index in [1.807, 2.05) is 0 Å². The Morgan fingerprint density at radius 1 is 1.83 bits per heavy atom. The van der Waals surface area contributed by atoms with E-state index >= 15 is 0 Å². The van der Waals surface area contributed by atoms with Crippen LogP contribution in [0.3, 0.4) is 0 Å². The minimum atomic E-state index is 0.482. The lowest BCUT2D eigenvalue weighted by Crippen LogP contribution is -2.18. The van der Waals surface area contributed by atoms with Crippen LogP contribution in [0.1, 0.15) is 0 Å². The van der Waals surface area contributed by atoms with Crippen LogP contribution in [-0.2, 0) is 4.79 Å². The summed E-state index contributed by atoms with van der Waals surface area (Å²) in [5.41, 5.74) is 0. The first-order chi connectivity index (χ1) is 2.81. The molecule has 0 aliphatic carbocycles. The van der Waals surface area contributed by atoms with Crippen molar-refractivity contribution >= 4 is 32.0 Å². The van der Waals surface area contributed by atoms with Gasteiger partial charge in [0.05, 0.1) is 0 Å². The highest BCUT2D eigenvalue weighted by Gasteiger charge is 1.79. The van der Waals surface area contributed by atoms with Gasteiger partial charge in [0.25, 0.3) is 0 Å². The Balaban J connectivity index is 2.96. The van der Waals surface area contributed by atoms with Crippen LogP contribution in [0.5, 0.6) is 0 Å². The van der Waals surface area contributed by atoms with Crippen molar-refractivity contribution in [3.05, 3.63) is 0 Å². The standard InChI is InChI=1S/CH4N2OS2/c4-1-3(6)2-5/h1-2,5-6H. The number of amides is 1. The second-order valence-corrected chi connectivity index (χ2v) is 1.18. The molecule has 0 aromatic carbocycles. The van der Waals surface area contributed by atoms with Crippen LogP contribution >= 0.6 is 25.6 Å². The van der Waals surface area contributed by atoms with Gasteiger partial charge in [0.1, 0.15) is 0 Å². The van der Waals surface area contributed by atoms with Crippen LogP contribution in [0.2, 0.25) is 0 Å². The zero-order chi connectivity index (χ0) is 4.99. The molecule has 0 saturated carbocycles. The van der Waals surface area contributed by atoms with Gasteiger partial charge in [0.15, 0.2) is 0 Å². The molecule has 3 nitrogen and oxygen atoms in total. The summed E-state index contributed by atoms with van der Waals surface area (Å²) in [6.45, 7) is 0. The van der Waals surface area contributed by atoms with Gasteiger partial charge in [-0.1, -0.05) is 12.8 Å². The number of nitrogens with one attached hydrogen (secondary N) is 1. The number of hydrazine groups is 1. The van der Waals surface area contributed by atoms with Crippen molar-refractivity contribution in [2.45, 2.75) is 0 Å². The van der Waals surface area contributed by atoms with Crippen LogP contribution in [0.15, 0.2) is 0 Å². The topological polar surface area (TPSA) is 32.3 Å². The van der Waals surface area contributed by atoms with E-state index in [1.165, 1.54) is 0 Å². The summed E-state index contributed by atoms with van der Waals surface area (Å²) < 4.78 is 0.878. The lowest BCUT2D eigenvalue weighted by molar-refractivity contribution is -0.114. The fourth-order valence-electron chi connectivity index (χ4n) is 0.0236. The van der Waals surface area contributed by atoms with Crippen molar-refractivity contribution in [2.24, 2.45) is 0 Å². The number of rotatable bonds is 2. The van der Waals surface area contributed by atoms with E-state index in [0.717, 1.165) is 4.41 Å². The van der Waals surface area contributed by atoms with Gasteiger partial charge >= 0.3 is 0 Å². The molecule has 1 N–H and O–H groups in total. The lowest BCUT2D eigenvalue weighted by atomic mass is 11.4. The largest absolute Gasteiger partial charge is 0.276 e. The predicted molar refractivity (Wildman–Crippen MR) is 29.0 cm³/mol. The van der Waals surface area contributed by atoms with E-state index in [1.54, 1.807) is 0 Å². The molecule has 0 aliphatic rings. The second kappa shape index (κ2) is 3.32. The Bertz CT molecular complexity index is 48.8. The highest BCUT2D eigenvalue weighted by molar-refractivity contribution is 7.81. The molecule has 0 atom stereocenters. The molecule has 6 heavy (non-hydrogen) atoms. The summed E-state index contributed by atoms with van der Waals surface area (Å²) in [6.07, 6.45) is 0.482. The van der Waals surface area contributed by atoms with E-state index in [9.17, 15) is 4.79 Å². The molecule has 0 radical (unpaired) electrons. The maximum atomic E-state index is 9.47. The SMILES string of the molecule is O=CN(S)NS. The summed E-state index contributed by atoms with van der Waals surface area (Å²) in [7, 11) is 0. The maximum Gasteiger partial charge on any atom is 0.234 e. The van der Waals surface area contributed by atoms with Crippen LogP contribution in [0, 0.1) is 0 Å². The molecule has 1 amide bonds. The Labute approximate surface area is 46.8 Å². The second-order valence-electron chi connectivity index (χ2n) is 0.550. The molecular formula is CH4N2OS2. The van der Waals surface area contributed by atoms with Gasteiger partial charge in [-0.25, -0.2) is 4.41 Å².